The maximum atomic E-state index is 12.0. The number of carbonyl (C=O) groups excluding carboxylic acids is 1. The first kappa shape index (κ1) is 14.2. The van der Waals surface area contributed by atoms with E-state index in [-0.39, 0.29) is 12.3 Å². The molecule has 6 nitrogen and oxygen atoms in total. The van der Waals surface area contributed by atoms with Crippen molar-refractivity contribution in [3.05, 3.63) is 36.2 Å². The van der Waals surface area contributed by atoms with E-state index in [9.17, 15) is 9.59 Å². The number of aliphatic carboxylic acids is 1. The number of carboxylic acid groups (broad SMARTS) is 1. The number of hydrogen-bond donors (Lipinski definition) is 1. The molecule has 1 atom stereocenters. The highest BCUT2D eigenvalue weighted by molar-refractivity contribution is 5.91. The fourth-order valence-corrected chi connectivity index (χ4v) is 1.99. The molecule has 106 valence electrons. The highest BCUT2D eigenvalue weighted by atomic mass is 16.5. The number of aromatic nitrogens is 1. The Bertz CT molecular complexity index is 501. The van der Waals surface area contributed by atoms with Crippen molar-refractivity contribution in [2.45, 2.75) is 12.5 Å². The summed E-state index contributed by atoms with van der Waals surface area (Å²) < 4.78 is 5.32. The van der Waals surface area contributed by atoms with Gasteiger partial charge in [-0.3, -0.25) is 14.6 Å². The van der Waals surface area contributed by atoms with Gasteiger partial charge in [0, 0.05) is 31.6 Å². The van der Waals surface area contributed by atoms with E-state index in [1.807, 2.05) is 6.07 Å². The Hall–Kier alpha value is -2.21. The number of ether oxygens (including phenoxy) is 1. The van der Waals surface area contributed by atoms with Crippen LogP contribution in [-0.4, -0.2) is 52.7 Å². The van der Waals surface area contributed by atoms with Crippen LogP contribution in [0.2, 0.25) is 0 Å². The molecule has 0 radical (unpaired) electrons. The molecule has 1 saturated heterocycles. The van der Waals surface area contributed by atoms with Crippen molar-refractivity contribution in [3.8, 4) is 0 Å². The van der Waals surface area contributed by atoms with Gasteiger partial charge in [0.25, 0.3) is 0 Å². The van der Waals surface area contributed by atoms with Crippen LogP contribution in [0, 0.1) is 0 Å². The van der Waals surface area contributed by atoms with Gasteiger partial charge in [0.15, 0.2) is 0 Å². The minimum absolute atomic E-state index is 0.0872. The van der Waals surface area contributed by atoms with Crippen molar-refractivity contribution >= 4 is 18.0 Å². The van der Waals surface area contributed by atoms with Crippen LogP contribution in [0.25, 0.3) is 6.08 Å². The van der Waals surface area contributed by atoms with Crippen LogP contribution in [0.1, 0.15) is 12.0 Å². The van der Waals surface area contributed by atoms with Gasteiger partial charge in [0.1, 0.15) is 0 Å². The third-order valence-corrected chi connectivity index (χ3v) is 2.96. The first-order valence-electron chi connectivity index (χ1n) is 6.35. The monoisotopic (exact) mass is 276 g/mol. The average molecular weight is 276 g/mol. The average Bonchev–Trinajstić information content (AvgIpc) is 2.45. The fraction of sp³-hybridized carbons (Fsp3) is 0.357. The zero-order chi connectivity index (χ0) is 14.4. The van der Waals surface area contributed by atoms with E-state index in [2.05, 4.69) is 4.98 Å². The normalized spacial score (nSPS) is 19.2. The van der Waals surface area contributed by atoms with Crippen LogP contribution >= 0.6 is 0 Å². The van der Waals surface area contributed by atoms with Gasteiger partial charge < -0.3 is 14.7 Å². The van der Waals surface area contributed by atoms with Gasteiger partial charge >= 0.3 is 5.97 Å². The molecule has 0 aliphatic carbocycles. The van der Waals surface area contributed by atoms with E-state index in [1.165, 1.54) is 6.08 Å². The van der Waals surface area contributed by atoms with Gasteiger partial charge in [-0.2, -0.15) is 0 Å². The van der Waals surface area contributed by atoms with Crippen molar-refractivity contribution in [3.63, 3.8) is 0 Å². The molecule has 1 aliphatic rings. The van der Waals surface area contributed by atoms with Crippen LogP contribution in [0.5, 0.6) is 0 Å². The number of carbonyl (C=O) groups is 2. The number of hydrogen-bond acceptors (Lipinski definition) is 4. The standard InChI is InChI=1S/C14H16N2O4/c17-13(4-3-11-2-1-5-15-9-11)16-6-7-20-12(10-16)8-14(18)19/h1-5,9,12H,6-8,10H2,(H,18,19). The molecular formula is C14H16N2O4. The van der Waals surface area contributed by atoms with Crippen molar-refractivity contribution in [1.82, 2.24) is 9.88 Å². The Morgan fingerprint density at radius 2 is 2.40 bits per heavy atom. The third kappa shape index (κ3) is 4.17. The summed E-state index contributed by atoms with van der Waals surface area (Å²) in [5.74, 6) is -1.07. The van der Waals surface area contributed by atoms with E-state index >= 15 is 0 Å². The molecular weight excluding hydrogens is 260 g/mol. The highest BCUT2D eigenvalue weighted by Crippen LogP contribution is 2.10. The summed E-state index contributed by atoms with van der Waals surface area (Å²) in [5.41, 5.74) is 0.844. The van der Waals surface area contributed by atoms with E-state index in [1.54, 1.807) is 29.4 Å². The summed E-state index contributed by atoms with van der Waals surface area (Å²) >= 11 is 0. The van der Waals surface area contributed by atoms with Gasteiger partial charge in [0.05, 0.1) is 19.1 Å². The van der Waals surface area contributed by atoms with Gasteiger partial charge in [-0.1, -0.05) is 6.07 Å². The second-order valence-corrected chi connectivity index (χ2v) is 4.49. The lowest BCUT2D eigenvalue weighted by molar-refractivity contribution is -0.145. The summed E-state index contributed by atoms with van der Waals surface area (Å²) in [5, 5.41) is 8.74. The molecule has 1 N–H and O–H groups in total. The fourth-order valence-electron chi connectivity index (χ4n) is 1.99. The second kappa shape index (κ2) is 6.81. The van der Waals surface area contributed by atoms with Gasteiger partial charge in [-0.05, 0) is 17.7 Å². The second-order valence-electron chi connectivity index (χ2n) is 4.49. The third-order valence-electron chi connectivity index (χ3n) is 2.96. The maximum Gasteiger partial charge on any atom is 0.306 e. The van der Waals surface area contributed by atoms with E-state index in [4.69, 9.17) is 9.84 Å². The van der Waals surface area contributed by atoms with Gasteiger partial charge in [-0.25, -0.2) is 0 Å². The number of pyridine rings is 1. The summed E-state index contributed by atoms with van der Waals surface area (Å²) in [6.07, 6.45) is 5.97. The Labute approximate surface area is 116 Å². The smallest absolute Gasteiger partial charge is 0.306 e. The molecule has 1 aliphatic heterocycles. The largest absolute Gasteiger partial charge is 0.481 e. The molecule has 0 spiro atoms. The van der Waals surface area contributed by atoms with Crippen LogP contribution in [0.3, 0.4) is 0 Å². The van der Waals surface area contributed by atoms with Crippen molar-refractivity contribution in [2.24, 2.45) is 0 Å². The Kier molecular flexibility index (Phi) is 4.84. The topological polar surface area (TPSA) is 79.7 Å². The number of morpholine rings is 1. The van der Waals surface area contributed by atoms with Crippen LogP contribution in [0.15, 0.2) is 30.6 Å². The lowest BCUT2D eigenvalue weighted by Gasteiger charge is -2.31. The van der Waals surface area contributed by atoms with Crippen LogP contribution in [-0.2, 0) is 14.3 Å². The Morgan fingerprint density at radius 1 is 1.55 bits per heavy atom. The zero-order valence-corrected chi connectivity index (χ0v) is 10.9. The molecule has 1 unspecified atom stereocenters. The first-order chi connectivity index (χ1) is 9.65. The number of amides is 1. The molecule has 1 amide bonds. The summed E-state index contributed by atoms with van der Waals surface area (Å²) in [6, 6.07) is 3.64. The number of carboxylic acids is 1. The molecule has 6 heteroatoms. The minimum atomic E-state index is -0.921. The van der Waals surface area contributed by atoms with Gasteiger partial charge in [-0.15, -0.1) is 0 Å². The lowest BCUT2D eigenvalue weighted by Crippen LogP contribution is -2.45. The SMILES string of the molecule is O=C(O)CC1CN(C(=O)C=Cc2cccnc2)CCO1. The number of rotatable bonds is 4. The van der Waals surface area contributed by atoms with E-state index < -0.39 is 12.1 Å². The molecule has 0 saturated carbocycles. The molecule has 1 aromatic rings. The van der Waals surface area contributed by atoms with E-state index in [0.717, 1.165) is 5.56 Å². The molecule has 0 aromatic carbocycles. The lowest BCUT2D eigenvalue weighted by atomic mass is 10.2. The summed E-state index contributed by atoms with van der Waals surface area (Å²) in [4.78, 5) is 28.2. The molecule has 20 heavy (non-hydrogen) atoms. The minimum Gasteiger partial charge on any atom is -0.481 e. The van der Waals surface area contributed by atoms with Crippen LogP contribution in [0.4, 0.5) is 0 Å². The predicted molar refractivity (Wildman–Crippen MR) is 71.8 cm³/mol. The zero-order valence-electron chi connectivity index (χ0n) is 10.9. The molecule has 0 bridgehead atoms. The predicted octanol–water partition coefficient (Wildman–Crippen LogP) is 0.797. The molecule has 1 fully saturated rings. The van der Waals surface area contributed by atoms with Crippen molar-refractivity contribution in [1.29, 1.82) is 0 Å². The first-order valence-corrected chi connectivity index (χ1v) is 6.35. The van der Waals surface area contributed by atoms with Crippen molar-refractivity contribution < 1.29 is 19.4 Å². The Balaban J connectivity index is 1.92. The van der Waals surface area contributed by atoms with Gasteiger partial charge in [0.2, 0.25) is 5.91 Å². The maximum absolute atomic E-state index is 12.0. The molecule has 2 rings (SSSR count). The number of nitrogens with zero attached hydrogens (tertiary/aromatic N) is 2. The molecule has 1 aromatic heterocycles. The Morgan fingerprint density at radius 3 is 3.10 bits per heavy atom. The molecule has 2 heterocycles. The van der Waals surface area contributed by atoms with Crippen molar-refractivity contribution in [2.75, 3.05) is 19.7 Å². The quantitative estimate of drug-likeness (QED) is 0.823. The van der Waals surface area contributed by atoms with Crippen LogP contribution < -0.4 is 0 Å². The summed E-state index contributed by atoms with van der Waals surface area (Å²) in [7, 11) is 0. The highest BCUT2D eigenvalue weighted by Gasteiger charge is 2.24. The summed E-state index contributed by atoms with van der Waals surface area (Å²) in [6.45, 7) is 1.15. The van der Waals surface area contributed by atoms with E-state index in [0.29, 0.717) is 19.7 Å².